The number of amides is 1. The molecule has 0 bridgehead atoms. The van der Waals surface area contributed by atoms with Crippen LogP contribution in [0.3, 0.4) is 0 Å². The molecule has 0 saturated carbocycles. The summed E-state index contributed by atoms with van der Waals surface area (Å²) in [6.45, 7) is 7.29. The maximum atomic E-state index is 13.0. The van der Waals surface area contributed by atoms with Crippen molar-refractivity contribution in [3.05, 3.63) is 87.4 Å². The van der Waals surface area contributed by atoms with Crippen molar-refractivity contribution >= 4 is 38.9 Å². The van der Waals surface area contributed by atoms with Crippen LogP contribution in [0.15, 0.2) is 59.5 Å². The molecule has 3 aromatic rings. The van der Waals surface area contributed by atoms with E-state index in [0.717, 1.165) is 16.7 Å². The number of hydrogen-bond donors (Lipinski definition) is 2. The summed E-state index contributed by atoms with van der Waals surface area (Å²) >= 11 is 6.11. The first-order chi connectivity index (χ1) is 14.1. The predicted molar refractivity (Wildman–Crippen MR) is 122 cm³/mol. The third kappa shape index (κ3) is 4.83. The van der Waals surface area contributed by atoms with E-state index in [-0.39, 0.29) is 10.5 Å². The van der Waals surface area contributed by atoms with Gasteiger partial charge in [-0.25, -0.2) is 8.42 Å². The summed E-state index contributed by atoms with van der Waals surface area (Å²) in [5.41, 5.74) is 4.48. The highest BCUT2D eigenvalue weighted by Gasteiger charge is 2.20. The fraction of sp³-hybridized carbons (Fsp3) is 0.174. The van der Waals surface area contributed by atoms with E-state index >= 15 is 0 Å². The van der Waals surface area contributed by atoms with Gasteiger partial charge in [-0.1, -0.05) is 35.9 Å². The van der Waals surface area contributed by atoms with E-state index in [1.54, 1.807) is 43.3 Å². The summed E-state index contributed by atoms with van der Waals surface area (Å²) in [5.74, 6) is -0.418. The summed E-state index contributed by atoms with van der Waals surface area (Å²) in [6.07, 6.45) is 0. The molecule has 156 valence electrons. The molecule has 2 N–H and O–H groups in total. The van der Waals surface area contributed by atoms with Crippen LogP contribution in [0.4, 0.5) is 11.4 Å². The Morgan fingerprint density at radius 2 is 1.50 bits per heavy atom. The van der Waals surface area contributed by atoms with Gasteiger partial charge in [0, 0.05) is 16.3 Å². The van der Waals surface area contributed by atoms with E-state index in [9.17, 15) is 13.2 Å². The number of aryl methyl sites for hydroxylation is 4. The van der Waals surface area contributed by atoms with Crippen molar-refractivity contribution in [2.45, 2.75) is 32.6 Å². The van der Waals surface area contributed by atoms with Gasteiger partial charge < -0.3 is 5.32 Å². The molecule has 0 unspecified atom stereocenters. The molecule has 5 nitrogen and oxygen atoms in total. The number of carbonyl (C=O) groups is 1. The minimum Gasteiger partial charge on any atom is -0.322 e. The fourth-order valence-corrected chi connectivity index (χ4v) is 4.52. The zero-order valence-corrected chi connectivity index (χ0v) is 18.8. The first-order valence-corrected chi connectivity index (χ1v) is 11.2. The van der Waals surface area contributed by atoms with E-state index in [1.807, 2.05) is 32.9 Å². The van der Waals surface area contributed by atoms with Gasteiger partial charge in [0.15, 0.2) is 0 Å². The summed E-state index contributed by atoms with van der Waals surface area (Å²) in [4.78, 5) is 12.7. The van der Waals surface area contributed by atoms with Crippen molar-refractivity contribution in [2.75, 3.05) is 10.0 Å². The molecule has 0 spiro atoms. The van der Waals surface area contributed by atoms with E-state index in [4.69, 9.17) is 11.6 Å². The number of rotatable bonds is 5. The minimum atomic E-state index is -3.88. The lowest BCUT2D eigenvalue weighted by Gasteiger charge is -2.14. The maximum Gasteiger partial charge on any atom is 0.262 e. The van der Waals surface area contributed by atoms with Gasteiger partial charge in [-0.3, -0.25) is 9.52 Å². The molecule has 3 rings (SSSR count). The molecule has 0 aliphatic rings. The molecule has 0 fully saturated rings. The van der Waals surface area contributed by atoms with Crippen LogP contribution in [0.5, 0.6) is 0 Å². The average molecular weight is 443 g/mol. The fourth-order valence-electron chi connectivity index (χ4n) is 2.95. The number of hydrogen-bond acceptors (Lipinski definition) is 3. The summed E-state index contributed by atoms with van der Waals surface area (Å²) < 4.78 is 28.7. The third-order valence-electron chi connectivity index (χ3n) is 4.81. The predicted octanol–water partition coefficient (Wildman–Crippen LogP) is 5.63. The molecule has 0 radical (unpaired) electrons. The highest BCUT2D eigenvalue weighted by molar-refractivity contribution is 7.92. The number of anilines is 2. The van der Waals surface area contributed by atoms with Crippen LogP contribution in [-0.4, -0.2) is 14.3 Å². The van der Waals surface area contributed by atoms with Gasteiger partial charge in [-0.15, -0.1) is 0 Å². The monoisotopic (exact) mass is 442 g/mol. The van der Waals surface area contributed by atoms with Crippen molar-refractivity contribution in [2.24, 2.45) is 0 Å². The Hall–Kier alpha value is -2.83. The van der Waals surface area contributed by atoms with Gasteiger partial charge in [-0.05, 0) is 80.3 Å². The summed E-state index contributed by atoms with van der Waals surface area (Å²) in [5, 5.41) is 3.29. The molecule has 30 heavy (non-hydrogen) atoms. The van der Waals surface area contributed by atoms with Gasteiger partial charge in [0.1, 0.15) is 0 Å². The van der Waals surface area contributed by atoms with Crippen molar-refractivity contribution in [1.29, 1.82) is 0 Å². The zero-order chi connectivity index (χ0) is 22.1. The first kappa shape index (κ1) is 21.9. The largest absolute Gasteiger partial charge is 0.322 e. The van der Waals surface area contributed by atoms with Crippen LogP contribution in [0.1, 0.15) is 32.6 Å². The number of nitrogens with one attached hydrogen (secondary N) is 2. The summed E-state index contributed by atoms with van der Waals surface area (Å²) in [7, 11) is -3.88. The number of benzene rings is 3. The number of sulfonamides is 1. The molecule has 0 heterocycles. The Morgan fingerprint density at radius 3 is 2.20 bits per heavy atom. The van der Waals surface area contributed by atoms with Gasteiger partial charge in [0.2, 0.25) is 0 Å². The molecular weight excluding hydrogens is 420 g/mol. The lowest BCUT2D eigenvalue weighted by atomic mass is 10.1. The quantitative estimate of drug-likeness (QED) is 0.537. The molecule has 0 atom stereocenters. The summed E-state index contributed by atoms with van der Waals surface area (Å²) in [6, 6.07) is 15.4. The molecule has 0 aromatic heterocycles. The lowest BCUT2D eigenvalue weighted by molar-refractivity contribution is 0.102. The Labute approximate surface area is 182 Å². The van der Waals surface area contributed by atoms with E-state index in [2.05, 4.69) is 10.0 Å². The number of carbonyl (C=O) groups excluding carboxylic acids is 1. The van der Waals surface area contributed by atoms with Crippen LogP contribution in [0, 0.1) is 27.7 Å². The van der Waals surface area contributed by atoms with Crippen LogP contribution in [0.2, 0.25) is 5.02 Å². The molecule has 0 aliphatic carbocycles. The highest BCUT2D eigenvalue weighted by Crippen LogP contribution is 2.25. The standard InChI is InChI=1S/C23H23ClN2O3S/c1-14-5-6-16(3)21(11-14)26-30(28,29)22-12-18(9-7-17(22)4)23(27)25-19-10-8-15(2)20(24)13-19/h5-13,26H,1-4H3,(H,25,27). The Morgan fingerprint density at radius 1 is 0.833 bits per heavy atom. The van der Waals surface area contributed by atoms with E-state index in [1.165, 1.54) is 6.07 Å². The second-order valence-electron chi connectivity index (χ2n) is 7.32. The van der Waals surface area contributed by atoms with Crippen molar-refractivity contribution in [3.63, 3.8) is 0 Å². The van der Waals surface area contributed by atoms with Crippen LogP contribution < -0.4 is 10.0 Å². The van der Waals surface area contributed by atoms with Gasteiger partial charge in [0.05, 0.1) is 10.6 Å². The maximum absolute atomic E-state index is 13.0. The van der Waals surface area contributed by atoms with E-state index < -0.39 is 15.9 Å². The van der Waals surface area contributed by atoms with Crippen LogP contribution in [0.25, 0.3) is 0 Å². The van der Waals surface area contributed by atoms with Crippen LogP contribution in [-0.2, 0) is 10.0 Å². The Bertz CT molecular complexity index is 1240. The Balaban J connectivity index is 1.91. The lowest BCUT2D eigenvalue weighted by Crippen LogP contribution is -2.17. The number of halogens is 1. The second kappa shape index (κ2) is 8.50. The molecule has 7 heteroatoms. The zero-order valence-electron chi connectivity index (χ0n) is 17.2. The highest BCUT2D eigenvalue weighted by atomic mass is 35.5. The third-order valence-corrected chi connectivity index (χ3v) is 6.72. The normalized spacial score (nSPS) is 11.2. The van der Waals surface area contributed by atoms with Gasteiger partial charge >= 0.3 is 0 Å². The van der Waals surface area contributed by atoms with Crippen molar-refractivity contribution in [1.82, 2.24) is 0 Å². The Kier molecular flexibility index (Phi) is 6.19. The smallest absolute Gasteiger partial charge is 0.262 e. The minimum absolute atomic E-state index is 0.0537. The van der Waals surface area contributed by atoms with Gasteiger partial charge in [-0.2, -0.15) is 0 Å². The second-order valence-corrected chi connectivity index (χ2v) is 9.38. The SMILES string of the molecule is Cc1ccc(C)c(NS(=O)(=O)c2cc(C(=O)Nc3ccc(C)c(Cl)c3)ccc2C)c1. The molecule has 0 aliphatic heterocycles. The average Bonchev–Trinajstić information content (AvgIpc) is 2.67. The van der Waals surface area contributed by atoms with E-state index in [0.29, 0.717) is 22.0 Å². The molecule has 3 aromatic carbocycles. The topological polar surface area (TPSA) is 75.3 Å². The molecule has 0 saturated heterocycles. The first-order valence-electron chi connectivity index (χ1n) is 9.35. The van der Waals surface area contributed by atoms with Crippen LogP contribution >= 0.6 is 11.6 Å². The molecule has 1 amide bonds. The molecular formula is C23H23ClN2O3S. The van der Waals surface area contributed by atoms with Crippen molar-refractivity contribution in [3.8, 4) is 0 Å². The van der Waals surface area contributed by atoms with Crippen molar-refractivity contribution < 1.29 is 13.2 Å². The van der Waals surface area contributed by atoms with Gasteiger partial charge in [0.25, 0.3) is 15.9 Å².